The zero-order chi connectivity index (χ0) is 29.8. The molecule has 0 aromatic heterocycles. The number of ether oxygens (including phenoxy) is 3. The summed E-state index contributed by atoms with van der Waals surface area (Å²) in [6, 6.07) is 19.8. The molecule has 3 aromatic carbocycles. The summed E-state index contributed by atoms with van der Waals surface area (Å²) in [5.74, 6) is -1.75. The van der Waals surface area contributed by atoms with Gasteiger partial charge < -0.3 is 29.5 Å². The van der Waals surface area contributed by atoms with E-state index in [1.807, 2.05) is 61.7 Å². The normalized spacial score (nSPS) is 21.6. The lowest BCUT2D eigenvalue weighted by molar-refractivity contribution is -0.275. The first-order valence-corrected chi connectivity index (χ1v) is 13.8. The highest BCUT2D eigenvalue weighted by atomic mass is 16.7. The lowest BCUT2D eigenvalue weighted by Crippen LogP contribution is -2.43. The molecule has 3 aromatic rings. The second-order valence-corrected chi connectivity index (χ2v) is 10.7. The number of benzene rings is 3. The molecule has 2 N–H and O–H groups in total. The van der Waals surface area contributed by atoms with Crippen LogP contribution in [0.2, 0.25) is 0 Å². The van der Waals surface area contributed by atoms with Gasteiger partial charge in [0.1, 0.15) is 0 Å². The molecule has 9 nitrogen and oxygen atoms in total. The number of hydrogen-bond acceptors (Lipinski definition) is 8. The molecule has 0 saturated carbocycles. The van der Waals surface area contributed by atoms with E-state index in [1.165, 1.54) is 18.2 Å². The average Bonchev–Trinajstić information content (AvgIpc) is 3.29. The first-order chi connectivity index (χ1) is 20.3. The summed E-state index contributed by atoms with van der Waals surface area (Å²) in [5, 5.41) is 12.3. The molecule has 2 aliphatic rings. The lowest BCUT2D eigenvalue weighted by Gasteiger charge is -2.42. The third kappa shape index (κ3) is 6.34. The van der Waals surface area contributed by atoms with Crippen molar-refractivity contribution in [3.63, 3.8) is 0 Å². The first-order valence-electron chi connectivity index (χ1n) is 13.8. The Morgan fingerprint density at radius 2 is 1.62 bits per heavy atom. The minimum atomic E-state index is -0.749. The fraction of sp³-hybridized carbons (Fsp3) is 0.303. The van der Waals surface area contributed by atoms with Crippen LogP contribution in [-0.2, 0) is 27.4 Å². The van der Waals surface area contributed by atoms with Gasteiger partial charge in [-0.25, -0.2) is 9.59 Å². The minimum Gasteiger partial charge on any atom is -0.392 e. The van der Waals surface area contributed by atoms with Crippen LogP contribution in [0.15, 0.2) is 79.4 Å². The Morgan fingerprint density at radius 3 is 2.31 bits per heavy atom. The fourth-order valence-electron chi connectivity index (χ4n) is 5.23. The van der Waals surface area contributed by atoms with Crippen molar-refractivity contribution in [1.29, 1.82) is 0 Å². The number of fused-ring (bicyclic) bond motifs is 1. The number of carbonyl (C=O) groups excluding carboxylic acids is 3. The number of aliphatic hydroxyl groups is 1. The Kier molecular flexibility index (Phi) is 8.94. The van der Waals surface area contributed by atoms with Gasteiger partial charge in [0, 0.05) is 36.7 Å². The highest BCUT2D eigenvalue weighted by molar-refractivity contribution is 6.15. The van der Waals surface area contributed by atoms with E-state index in [-0.39, 0.29) is 53.9 Å². The third-order valence-electron chi connectivity index (χ3n) is 7.67. The maximum Gasteiger partial charge on any atom is 0.346 e. The summed E-state index contributed by atoms with van der Waals surface area (Å²) >= 11 is 0. The van der Waals surface area contributed by atoms with Gasteiger partial charge in [0.15, 0.2) is 6.29 Å². The number of amides is 1. The van der Waals surface area contributed by atoms with E-state index < -0.39 is 18.2 Å². The number of nitrogens with zero attached hydrogens (tertiary/aromatic N) is 1. The molecule has 1 amide bonds. The number of cyclic esters (lactones) is 2. The van der Waals surface area contributed by atoms with Crippen LogP contribution in [-0.4, -0.2) is 54.1 Å². The van der Waals surface area contributed by atoms with Crippen LogP contribution in [0.25, 0.3) is 0 Å². The van der Waals surface area contributed by atoms with Crippen molar-refractivity contribution in [1.82, 2.24) is 10.2 Å². The second-order valence-electron chi connectivity index (χ2n) is 10.7. The zero-order valence-corrected chi connectivity index (χ0v) is 23.6. The number of hydrogen-bond donors (Lipinski definition) is 2. The topological polar surface area (TPSA) is 114 Å². The van der Waals surface area contributed by atoms with Gasteiger partial charge >= 0.3 is 11.9 Å². The van der Waals surface area contributed by atoms with Crippen LogP contribution in [0.4, 0.5) is 0 Å². The number of rotatable bonds is 10. The van der Waals surface area contributed by atoms with Crippen molar-refractivity contribution in [2.45, 2.75) is 38.6 Å². The molecular weight excluding hydrogens is 536 g/mol. The molecule has 5 rings (SSSR count). The molecule has 2 aliphatic heterocycles. The van der Waals surface area contributed by atoms with Crippen molar-refractivity contribution in [3.8, 4) is 0 Å². The highest BCUT2D eigenvalue weighted by Gasteiger charge is 2.38. The van der Waals surface area contributed by atoms with E-state index in [1.54, 1.807) is 0 Å². The van der Waals surface area contributed by atoms with Crippen molar-refractivity contribution >= 4 is 17.8 Å². The maximum atomic E-state index is 12.7. The van der Waals surface area contributed by atoms with E-state index in [4.69, 9.17) is 9.47 Å². The SMILES string of the molecule is C=CCN(C)CC1OC(c2ccc(CNC(=O)c3ccc4c(c3)C(=O)OC4=O)cc2)OC(c2ccc(CO)cc2)C1C. The summed E-state index contributed by atoms with van der Waals surface area (Å²) in [5.41, 5.74) is 4.10. The summed E-state index contributed by atoms with van der Waals surface area (Å²) in [6.45, 7) is 7.66. The van der Waals surface area contributed by atoms with Gasteiger partial charge in [0.2, 0.25) is 0 Å². The van der Waals surface area contributed by atoms with Gasteiger partial charge in [-0.3, -0.25) is 4.79 Å². The Morgan fingerprint density at radius 1 is 0.952 bits per heavy atom. The Balaban J connectivity index is 1.28. The summed E-state index contributed by atoms with van der Waals surface area (Å²) in [6.07, 6.45) is 0.958. The van der Waals surface area contributed by atoms with E-state index in [0.29, 0.717) is 6.54 Å². The van der Waals surface area contributed by atoms with Gasteiger partial charge in [-0.15, -0.1) is 6.58 Å². The second kappa shape index (κ2) is 12.8. The van der Waals surface area contributed by atoms with Crippen LogP contribution >= 0.6 is 0 Å². The van der Waals surface area contributed by atoms with Gasteiger partial charge in [0.05, 0.1) is 29.9 Å². The molecule has 218 valence electrons. The number of carbonyl (C=O) groups is 3. The van der Waals surface area contributed by atoms with Crippen LogP contribution in [0.3, 0.4) is 0 Å². The molecule has 0 radical (unpaired) electrons. The summed E-state index contributed by atoms with van der Waals surface area (Å²) in [7, 11) is 2.03. The predicted molar refractivity (Wildman–Crippen MR) is 154 cm³/mol. The molecule has 0 bridgehead atoms. The minimum absolute atomic E-state index is 0.0160. The molecule has 4 atom stereocenters. The molecule has 9 heteroatoms. The molecular formula is C33H34N2O7. The van der Waals surface area contributed by atoms with Gasteiger partial charge in [-0.2, -0.15) is 0 Å². The van der Waals surface area contributed by atoms with Gasteiger partial charge in [-0.1, -0.05) is 61.5 Å². The number of esters is 2. The largest absolute Gasteiger partial charge is 0.392 e. The molecule has 1 saturated heterocycles. The lowest BCUT2D eigenvalue weighted by atomic mass is 9.90. The molecule has 0 spiro atoms. The van der Waals surface area contributed by atoms with Crippen molar-refractivity contribution in [2.75, 3.05) is 20.1 Å². The Hall–Kier alpha value is -4.15. The number of nitrogens with one attached hydrogen (secondary N) is 1. The number of likely N-dealkylation sites (N-methyl/N-ethyl adjacent to an activating group) is 1. The fourth-order valence-corrected chi connectivity index (χ4v) is 5.23. The molecule has 4 unspecified atom stereocenters. The van der Waals surface area contributed by atoms with E-state index in [9.17, 15) is 19.5 Å². The van der Waals surface area contributed by atoms with Crippen molar-refractivity contribution in [2.24, 2.45) is 5.92 Å². The van der Waals surface area contributed by atoms with Gasteiger partial charge in [-0.05, 0) is 41.9 Å². The van der Waals surface area contributed by atoms with E-state index in [0.717, 1.165) is 28.8 Å². The predicted octanol–water partition coefficient (Wildman–Crippen LogP) is 4.33. The van der Waals surface area contributed by atoms with Crippen LogP contribution in [0.1, 0.15) is 72.6 Å². The van der Waals surface area contributed by atoms with Crippen molar-refractivity contribution in [3.05, 3.63) is 118 Å². The highest BCUT2D eigenvalue weighted by Crippen LogP contribution is 2.41. The summed E-state index contributed by atoms with van der Waals surface area (Å²) < 4.78 is 17.6. The van der Waals surface area contributed by atoms with Crippen LogP contribution < -0.4 is 5.32 Å². The molecule has 1 fully saturated rings. The molecule has 42 heavy (non-hydrogen) atoms. The summed E-state index contributed by atoms with van der Waals surface area (Å²) in [4.78, 5) is 38.4. The van der Waals surface area contributed by atoms with Crippen molar-refractivity contribution < 1.29 is 33.7 Å². The molecule has 0 aliphatic carbocycles. The monoisotopic (exact) mass is 570 g/mol. The van der Waals surface area contributed by atoms with Crippen LogP contribution in [0.5, 0.6) is 0 Å². The molecule has 2 heterocycles. The third-order valence-corrected chi connectivity index (χ3v) is 7.67. The Labute approximate surface area is 244 Å². The van der Waals surface area contributed by atoms with E-state index >= 15 is 0 Å². The van der Waals surface area contributed by atoms with Crippen LogP contribution in [0, 0.1) is 5.92 Å². The maximum absolute atomic E-state index is 12.7. The first kappa shape index (κ1) is 29.3. The zero-order valence-electron chi connectivity index (χ0n) is 23.6. The average molecular weight is 571 g/mol. The standard InChI is InChI=1S/C33H34N2O7/c1-4-15-35(3)18-28-20(2)29(23-9-7-22(19-36)8-10-23)41-33(40-28)24-11-5-21(6-12-24)17-34-30(37)25-13-14-26-27(16-25)32(39)42-31(26)38/h4-14,16,20,28-29,33,36H,1,15,17-19H2,2-3H3,(H,34,37). The quantitative estimate of drug-likeness (QED) is 0.210. The van der Waals surface area contributed by atoms with Gasteiger partial charge in [0.25, 0.3) is 5.91 Å². The Bertz CT molecular complexity index is 1470. The number of aliphatic hydroxyl groups excluding tert-OH is 1. The smallest absolute Gasteiger partial charge is 0.346 e. The van der Waals surface area contributed by atoms with E-state index in [2.05, 4.69) is 28.5 Å².